The lowest BCUT2D eigenvalue weighted by atomic mass is 9.80. The highest BCUT2D eigenvalue weighted by Gasteiger charge is 2.29. The number of rotatable bonds is 4. The summed E-state index contributed by atoms with van der Waals surface area (Å²) >= 11 is 0. The topological polar surface area (TPSA) is 65.2 Å². The van der Waals surface area contributed by atoms with Crippen molar-refractivity contribution in [3.8, 4) is 0 Å². The van der Waals surface area contributed by atoms with Crippen LogP contribution in [0.1, 0.15) is 31.7 Å². The van der Waals surface area contributed by atoms with Crippen molar-refractivity contribution in [1.29, 1.82) is 0 Å². The molecule has 106 valence electrons. The van der Waals surface area contributed by atoms with E-state index in [1.54, 1.807) is 6.20 Å². The van der Waals surface area contributed by atoms with Gasteiger partial charge < -0.3 is 10.5 Å². The zero-order valence-electron chi connectivity index (χ0n) is 12.1. The number of pyridine rings is 1. The Labute approximate surface area is 119 Å². The fourth-order valence-corrected chi connectivity index (χ4v) is 2.37. The van der Waals surface area contributed by atoms with Crippen LogP contribution in [0, 0.1) is 0 Å². The Balaban J connectivity index is 2.42. The van der Waals surface area contributed by atoms with Crippen LogP contribution in [0.4, 0.5) is 0 Å². The molecule has 20 heavy (non-hydrogen) atoms. The maximum atomic E-state index is 11.6. The first-order valence-electron chi connectivity index (χ1n) is 6.62. The molecule has 0 spiro atoms. The number of carbonyl (C=O) groups excluding carboxylic acids is 1. The summed E-state index contributed by atoms with van der Waals surface area (Å²) in [5.41, 5.74) is 7.69. The van der Waals surface area contributed by atoms with Gasteiger partial charge in [0.15, 0.2) is 0 Å². The Hall–Kier alpha value is -1.94. The van der Waals surface area contributed by atoms with Crippen LogP contribution in [-0.2, 0) is 9.53 Å². The van der Waals surface area contributed by atoms with Crippen molar-refractivity contribution in [2.45, 2.75) is 31.7 Å². The van der Waals surface area contributed by atoms with E-state index in [1.807, 2.05) is 44.2 Å². The first-order chi connectivity index (χ1) is 9.41. The van der Waals surface area contributed by atoms with Crippen LogP contribution in [0.2, 0.25) is 0 Å². The summed E-state index contributed by atoms with van der Waals surface area (Å²) in [6.07, 6.45) is 2.03. The van der Waals surface area contributed by atoms with Crippen molar-refractivity contribution in [3.63, 3.8) is 0 Å². The van der Waals surface area contributed by atoms with E-state index in [9.17, 15) is 4.79 Å². The Morgan fingerprint density at radius 3 is 2.80 bits per heavy atom. The number of nitrogens with zero attached hydrogens (tertiary/aromatic N) is 1. The van der Waals surface area contributed by atoms with Gasteiger partial charge in [0.2, 0.25) is 0 Å². The minimum absolute atomic E-state index is 0.0976. The molecule has 0 saturated heterocycles. The van der Waals surface area contributed by atoms with Gasteiger partial charge in [0.25, 0.3) is 0 Å². The summed E-state index contributed by atoms with van der Waals surface area (Å²) in [5, 5.41) is 1.05. The second kappa shape index (κ2) is 5.59. The summed E-state index contributed by atoms with van der Waals surface area (Å²) in [6.45, 7) is 3.85. The predicted molar refractivity (Wildman–Crippen MR) is 79.4 cm³/mol. The molecule has 2 aromatic rings. The summed E-state index contributed by atoms with van der Waals surface area (Å²) in [5.74, 6) is -0.348. The number of methoxy groups -OCH3 is 1. The number of fused-ring (bicyclic) bond motifs is 1. The first-order valence-corrected chi connectivity index (χ1v) is 6.62. The lowest BCUT2D eigenvalue weighted by Crippen LogP contribution is -2.40. The zero-order chi connectivity index (χ0) is 14.8. The molecule has 4 nitrogen and oxygen atoms in total. The van der Waals surface area contributed by atoms with Crippen LogP contribution in [0.25, 0.3) is 10.9 Å². The standard InChI is InChI=1S/C16H20N2O2/c1-16(2,17)13(10-15(19)20-3)11-6-7-14-12(9-11)5-4-8-18-14/h4-9,13H,10,17H2,1-3H3. The highest BCUT2D eigenvalue weighted by molar-refractivity contribution is 5.79. The largest absolute Gasteiger partial charge is 0.469 e. The smallest absolute Gasteiger partial charge is 0.306 e. The van der Waals surface area contributed by atoms with Crippen molar-refractivity contribution >= 4 is 16.9 Å². The second-order valence-corrected chi connectivity index (χ2v) is 5.61. The van der Waals surface area contributed by atoms with E-state index in [4.69, 9.17) is 10.5 Å². The summed E-state index contributed by atoms with van der Waals surface area (Å²) in [6, 6.07) is 9.89. The van der Waals surface area contributed by atoms with E-state index in [2.05, 4.69) is 4.98 Å². The van der Waals surface area contributed by atoms with Gasteiger partial charge in [-0.15, -0.1) is 0 Å². The van der Waals surface area contributed by atoms with E-state index in [0.29, 0.717) is 0 Å². The summed E-state index contributed by atoms with van der Waals surface area (Å²) < 4.78 is 4.78. The molecule has 0 aliphatic heterocycles. The molecule has 0 amide bonds. The molecule has 1 unspecified atom stereocenters. The maximum Gasteiger partial charge on any atom is 0.306 e. The average Bonchev–Trinajstić information content (AvgIpc) is 2.42. The predicted octanol–water partition coefficient (Wildman–Crippen LogP) is 2.62. The van der Waals surface area contributed by atoms with Gasteiger partial charge in [-0.1, -0.05) is 12.1 Å². The highest BCUT2D eigenvalue weighted by Crippen LogP contribution is 2.31. The second-order valence-electron chi connectivity index (χ2n) is 5.61. The minimum Gasteiger partial charge on any atom is -0.469 e. The number of hydrogen-bond acceptors (Lipinski definition) is 4. The minimum atomic E-state index is -0.510. The monoisotopic (exact) mass is 272 g/mol. The maximum absolute atomic E-state index is 11.6. The third-order valence-corrected chi connectivity index (χ3v) is 3.53. The van der Waals surface area contributed by atoms with Crippen LogP contribution < -0.4 is 5.73 Å². The summed E-state index contributed by atoms with van der Waals surface area (Å²) in [4.78, 5) is 15.9. The SMILES string of the molecule is COC(=O)CC(c1ccc2ncccc2c1)C(C)(C)N. The van der Waals surface area contributed by atoms with Crippen LogP contribution in [0.3, 0.4) is 0 Å². The molecule has 1 heterocycles. The van der Waals surface area contributed by atoms with Gasteiger partial charge in [-0.25, -0.2) is 0 Å². The summed E-state index contributed by atoms with van der Waals surface area (Å²) in [7, 11) is 1.40. The first kappa shape index (κ1) is 14.5. The van der Waals surface area contributed by atoms with Gasteiger partial charge in [0.1, 0.15) is 0 Å². The number of benzene rings is 1. The van der Waals surface area contributed by atoms with Gasteiger partial charge in [-0.05, 0) is 37.6 Å². The number of ether oxygens (including phenoxy) is 1. The Morgan fingerprint density at radius 2 is 2.15 bits per heavy atom. The molecule has 0 bridgehead atoms. The molecule has 1 aromatic heterocycles. The van der Waals surface area contributed by atoms with E-state index >= 15 is 0 Å². The molecular weight excluding hydrogens is 252 g/mol. The third-order valence-electron chi connectivity index (χ3n) is 3.53. The molecule has 1 atom stereocenters. The van der Waals surface area contributed by atoms with Gasteiger partial charge in [0, 0.05) is 23.0 Å². The third kappa shape index (κ3) is 3.14. The van der Waals surface area contributed by atoms with Gasteiger partial charge in [-0.2, -0.15) is 0 Å². The molecule has 1 aromatic carbocycles. The van der Waals surface area contributed by atoms with E-state index < -0.39 is 5.54 Å². The lowest BCUT2D eigenvalue weighted by molar-refractivity contribution is -0.141. The van der Waals surface area contributed by atoms with Crippen LogP contribution in [0.5, 0.6) is 0 Å². The molecule has 0 radical (unpaired) electrons. The quantitative estimate of drug-likeness (QED) is 0.869. The van der Waals surface area contributed by atoms with Crippen molar-refractivity contribution in [2.24, 2.45) is 5.73 Å². The van der Waals surface area contributed by atoms with E-state index in [0.717, 1.165) is 16.5 Å². The normalized spacial score (nSPS) is 13.2. The van der Waals surface area contributed by atoms with Gasteiger partial charge in [0.05, 0.1) is 19.0 Å². The number of aromatic nitrogens is 1. The fraction of sp³-hybridized carbons (Fsp3) is 0.375. The molecule has 2 N–H and O–H groups in total. The van der Waals surface area contributed by atoms with Gasteiger partial charge in [-0.3, -0.25) is 9.78 Å². The van der Waals surface area contributed by atoms with Crippen LogP contribution in [0.15, 0.2) is 36.5 Å². The van der Waals surface area contributed by atoms with Gasteiger partial charge >= 0.3 is 5.97 Å². The number of esters is 1. The lowest BCUT2D eigenvalue weighted by Gasteiger charge is -2.30. The molecule has 0 aliphatic rings. The van der Waals surface area contributed by atoms with Crippen molar-refractivity contribution < 1.29 is 9.53 Å². The Morgan fingerprint density at radius 1 is 1.40 bits per heavy atom. The van der Waals surface area contributed by atoms with Crippen molar-refractivity contribution in [3.05, 3.63) is 42.1 Å². The average molecular weight is 272 g/mol. The molecule has 0 aliphatic carbocycles. The van der Waals surface area contributed by atoms with E-state index in [-0.39, 0.29) is 18.3 Å². The molecular formula is C16H20N2O2. The molecule has 0 fully saturated rings. The van der Waals surface area contributed by atoms with Crippen LogP contribution >= 0.6 is 0 Å². The number of hydrogen-bond donors (Lipinski definition) is 1. The Kier molecular flexibility index (Phi) is 4.04. The zero-order valence-corrected chi connectivity index (χ0v) is 12.1. The molecule has 4 heteroatoms. The number of nitrogens with two attached hydrogens (primary N) is 1. The van der Waals surface area contributed by atoms with E-state index in [1.165, 1.54) is 7.11 Å². The number of carbonyl (C=O) groups is 1. The molecule has 0 saturated carbocycles. The highest BCUT2D eigenvalue weighted by atomic mass is 16.5. The van der Waals surface area contributed by atoms with Crippen LogP contribution in [-0.4, -0.2) is 23.6 Å². The Bertz CT molecular complexity index is 617. The van der Waals surface area contributed by atoms with Crippen molar-refractivity contribution in [2.75, 3.05) is 7.11 Å². The fourth-order valence-electron chi connectivity index (χ4n) is 2.37. The molecule has 2 rings (SSSR count). The van der Waals surface area contributed by atoms with Crippen molar-refractivity contribution in [1.82, 2.24) is 4.98 Å².